The largest absolute Gasteiger partial charge is 0.347 e. The number of aromatic nitrogens is 1. The van der Waals surface area contributed by atoms with Gasteiger partial charge in [-0.15, -0.1) is 0 Å². The van der Waals surface area contributed by atoms with Crippen LogP contribution in [-0.4, -0.2) is 18.9 Å². The van der Waals surface area contributed by atoms with Crippen molar-refractivity contribution in [3.8, 4) is 0 Å². The first-order chi connectivity index (χ1) is 9.87. The molecule has 0 aliphatic rings. The van der Waals surface area contributed by atoms with Crippen LogP contribution in [0, 0.1) is 5.82 Å². The molecule has 0 aliphatic carbocycles. The van der Waals surface area contributed by atoms with Crippen LogP contribution < -0.4 is 4.72 Å². The second kappa shape index (κ2) is 5.92. The number of benzene rings is 1. The van der Waals surface area contributed by atoms with Crippen molar-refractivity contribution in [2.24, 2.45) is 7.05 Å². The molecule has 110 valence electrons. The second-order valence-corrected chi connectivity index (χ2v) is 5.90. The predicted octanol–water partition coefficient (Wildman–Crippen LogP) is 1.89. The third-order valence-electron chi connectivity index (χ3n) is 2.72. The van der Waals surface area contributed by atoms with Gasteiger partial charge in [-0.3, -0.25) is 4.79 Å². The van der Waals surface area contributed by atoms with Crippen LogP contribution in [0.4, 0.5) is 4.39 Å². The lowest BCUT2D eigenvalue weighted by molar-refractivity contribution is 0.0974. The predicted molar refractivity (Wildman–Crippen MR) is 77.2 cm³/mol. The molecule has 1 aromatic carbocycles. The van der Waals surface area contributed by atoms with Crippen LogP contribution in [0.15, 0.2) is 48.0 Å². The highest BCUT2D eigenvalue weighted by atomic mass is 32.2. The summed E-state index contributed by atoms with van der Waals surface area (Å²) >= 11 is 0. The molecule has 1 heterocycles. The quantitative estimate of drug-likeness (QED) is 0.938. The topological polar surface area (TPSA) is 68.2 Å². The van der Waals surface area contributed by atoms with E-state index in [1.54, 1.807) is 19.3 Å². The number of halogens is 1. The van der Waals surface area contributed by atoms with Crippen molar-refractivity contribution in [2.45, 2.75) is 0 Å². The average Bonchev–Trinajstić information content (AvgIpc) is 2.84. The van der Waals surface area contributed by atoms with E-state index in [-0.39, 0.29) is 5.69 Å². The molecule has 7 heteroatoms. The van der Waals surface area contributed by atoms with Gasteiger partial charge in [0.1, 0.15) is 11.5 Å². The van der Waals surface area contributed by atoms with Crippen molar-refractivity contribution in [1.29, 1.82) is 0 Å². The van der Waals surface area contributed by atoms with Gasteiger partial charge >= 0.3 is 0 Å². The molecule has 0 saturated heterocycles. The Hall–Kier alpha value is -2.41. The third-order valence-corrected chi connectivity index (χ3v) is 3.69. The highest BCUT2D eigenvalue weighted by Gasteiger charge is 2.15. The Labute approximate surface area is 121 Å². The van der Waals surface area contributed by atoms with Crippen LogP contribution >= 0.6 is 0 Å². The number of sulfonamides is 1. The number of hydrogen-bond acceptors (Lipinski definition) is 3. The van der Waals surface area contributed by atoms with Gasteiger partial charge in [0.05, 0.1) is 5.41 Å². The molecule has 1 N–H and O–H groups in total. The minimum Gasteiger partial charge on any atom is -0.347 e. The molecule has 5 nitrogen and oxygen atoms in total. The van der Waals surface area contributed by atoms with Crippen LogP contribution in [0.25, 0.3) is 6.08 Å². The lowest BCUT2D eigenvalue weighted by atomic mass is 10.2. The van der Waals surface area contributed by atoms with Crippen molar-refractivity contribution in [3.63, 3.8) is 0 Å². The molecule has 2 aromatic rings. The van der Waals surface area contributed by atoms with Gasteiger partial charge in [0.15, 0.2) is 0 Å². The molecule has 0 atom stereocenters. The third kappa shape index (κ3) is 4.03. The molecule has 0 bridgehead atoms. The molecule has 2 rings (SSSR count). The maximum atomic E-state index is 12.7. The van der Waals surface area contributed by atoms with Gasteiger partial charge in [0, 0.05) is 13.2 Å². The monoisotopic (exact) mass is 308 g/mol. The summed E-state index contributed by atoms with van der Waals surface area (Å²) in [4.78, 5) is 11.8. The number of carbonyl (C=O) groups is 1. The van der Waals surface area contributed by atoms with Gasteiger partial charge in [-0.05, 0) is 35.9 Å². The molecular weight excluding hydrogens is 295 g/mol. The minimum absolute atomic E-state index is 0.230. The maximum absolute atomic E-state index is 12.7. The zero-order valence-corrected chi connectivity index (χ0v) is 12.0. The van der Waals surface area contributed by atoms with Crippen LogP contribution in [0.2, 0.25) is 0 Å². The van der Waals surface area contributed by atoms with Gasteiger partial charge < -0.3 is 4.57 Å². The summed E-state index contributed by atoms with van der Waals surface area (Å²) in [5.74, 6) is -1.13. The van der Waals surface area contributed by atoms with Gasteiger partial charge in [-0.1, -0.05) is 12.1 Å². The normalized spacial score (nSPS) is 11.7. The van der Waals surface area contributed by atoms with Gasteiger partial charge in [0.25, 0.3) is 15.9 Å². The van der Waals surface area contributed by atoms with E-state index < -0.39 is 21.7 Å². The van der Waals surface area contributed by atoms with Crippen molar-refractivity contribution in [3.05, 3.63) is 65.1 Å². The molecule has 0 fully saturated rings. The molecule has 0 aliphatic heterocycles. The molecule has 21 heavy (non-hydrogen) atoms. The number of hydrogen-bond donors (Lipinski definition) is 1. The minimum atomic E-state index is -3.92. The fourth-order valence-electron chi connectivity index (χ4n) is 1.65. The first-order valence-electron chi connectivity index (χ1n) is 5.99. The summed E-state index contributed by atoms with van der Waals surface area (Å²) in [6, 6.07) is 8.44. The van der Waals surface area contributed by atoms with Crippen LogP contribution in [0.3, 0.4) is 0 Å². The standard InChI is InChI=1S/C14H13FN2O3S/c1-17-9-2-3-13(17)14(18)16-21(19,20)10-8-11-4-6-12(15)7-5-11/h2-10H,1H3,(H,16,18). The van der Waals surface area contributed by atoms with E-state index in [4.69, 9.17) is 0 Å². The molecular formula is C14H13FN2O3S. The summed E-state index contributed by atoms with van der Waals surface area (Å²) in [5, 5.41) is 0.862. The van der Waals surface area contributed by atoms with Gasteiger partial charge in [-0.2, -0.15) is 0 Å². The Bertz CT molecular complexity index is 777. The van der Waals surface area contributed by atoms with E-state index in [0.717, 1.165) is 5.41 Å². The second-order valence-electron chi connectivity index (χ2n) is 4.33. The van der Waals surface area contributed by atoms with Crippen LogP contribution in [-0.2, 0) is 17.1 Å². The van der Waals surface area contributed by atoms with Crippen LogP contribution in [0.1, 0.15) is 16.1 Å². The number of carbonyl (C=O) groups excluding carboxylic acids is 1. The SMILES string of the molecule is Cn1cccc1C(=O)NS(=O)(=O)C=Cc1ccc(F)cc1. The van der Waals surface area contributed by atoms with Crippen molar-refractivity contribution in [2.75, 3.05) is 0 Å². The Morgan fingerprint density at radius 3 is 2.48 bits per heavy atom. The molecule has 0 saturated carbocycles. The smallest absolute Gasteiger partial charge is 0.281 e. The number of aryl methyl sites for hydroxylation is 1. The highest BCUT2D eigenvalue weighted by molar-refractivity contribution is 7.93. The number of amides is 1. The first kappa shape index (κ1) is 15.0. The summed E-state index contributed by atoms with van der Waals surface area (Å²) in [6.45, 7) is 0. The zero-order chi connectivity index (χ0) is 15.5. The number of nitrogens with one attached hydrogen (secondary N) is 1. The van der Waals surface area contributed by atoms with E-state index >= 15 is 0 Å². The van der Waals surface area contributed by atoms with Crippen molar-refractivity contribution >= 4 is 22.0 Å². The highest BCUT2D eigenvalue weighted by Crippen LogP contribution is 2.06. The molecule has 1 amide bonds. The van der Waals surface area contributed by atoms with E-state index in [1.165, 1.54) is 41.0 Å². The summed E-state index contributed by atoms with van der Waals surface area (Å²) in [7, 11) is -2.28. The van der Waals surface area contributed by atoms with Crippen molar-refractivity contribution in [1.82, 2.24) is 9.29 Å². The number of rotatable bonds is 4. The van der Waals surface area contributed by atoms with E-state index in [9.17, 15) is 17.6 Å². The molecule has 0 spiro atoms. The van der Waals surface area contributed by atoms with Gasteiger partial charge in [-0.25, -0.2) is 17.5 Å². The van der Waals surface area contributed by atoms with Crippen molar-refractivity contribution < 1.29 is 17.6 Å². The van der Waals surface area contributed by atoms with E-state index in [0.29, 0.717) is 5.56 Å². The Kier molecular flexibility index (Phi) is 4.23. The molecule has 1 aromatic heterocycles. The van der Waals surface area contributed by atoms with Crippen LogP contribution in [0.5, 0.6) is 0 Å². The fourth-order valence-corrected chi connectivity index (χ4v) is 2.42. The lowest BCUT2D eigenvalue weighted by Crippen LogP contribution is -2.30. The maximum Gasteiger partial charge on any atom is 0.281 e. The zero-order valence-electron chi connectivity index (χ0n) is 11.2. The lowest BCUT2D eigenvalue weighted by Gasteiger charge is -2.04. The Morgan fingerprint density at radius 1 is 1.24 bits per heavy atom. The summed E-state index contributed by atoms with van der Waals surface area (Å²) in [5.41, 5.74) is 0.738. The Morgan fingerprint density at radius 2 is 1.90 bits per heavy atom. The summed E-state index contributed by atoms with van der Waals surface area (Å²) in [6.07, 6.45) is 2.91. The Balaban J connectivity index is 2.10. The van der Waals surface area contributed by atoms with E-state index in [2.05, 4.69) is 0 Å². The first-order valence-corrected chi connectivity index (χ1v) is 7.54. The van der Waals surface area contributed by atoms with Gasteiger partial charge in [0.2, 0.25) is 0 Å². The average molecular weight is 308 g/mol. The molecule has 0 radical (unpaired) electrons. The fraction of sp³-hybridized carbons (Fsp3) is 0.0714. The number of nitrogens with zero attached hydrogens (tertiary/aromatic N) is 1. The molecule has 0 unspecified atom stereocenters. The summed E-state index contributed by atoms with van der Waals surface area (Å²) < 4.78 is 39.7. The van der Waals surface area contributed by atoms with E-state index in [1.807, 2.05) is 4.72 Å².